The number of hydrogen-bond donors (Lipinski definition) is 0. The van der Waals surface area contributed by atoms with Crippen LogP contribution in [-0.4, -0.2) is 16.2 Å². The number of rotatable bonds is 4. The highest BCUT2D eigenvalue weighted by Gasteiger charge is 2.04. The Balaban J connectivity index is 2.00. The lowest BCUT2D eigenvalue weighted by molar-refractivity contribution is 0.295. The van der Waals surface area contributed by atoms with E-state index in [0.717, 1.165) is 0 Å². The van der Waals surface area contributed by atoms with Crippen molar-refractivity contribution in [2.75, 3.05) is 6.61 Å². The van der Waals surface area contributed by atoms with E-state index in [2.05, 4.69) is 20.9 Å². The summed E-state index contributed by atoms with van der Waals surface area (Å²) in [6.45, 7) is 0.544. The molecule has 100 valence electrons. The zero-order valence-electron chi connectivity index (χ0n) is 9.65. The first-order valence-corrected chi connectivity index (χ1v) is 6.53. The van der Waals surface area contributed by atoms with Crippen LogP contribution in [0.5, 0.6) is 5.75 Å². The van der Waals surface area contributed by atoms with Crippen molar-refractivity contribution in [1.29, 1.82) is 0 Å². The summed E-state index contributed by atoms with van der Waals surface area (Å²) in [6, 6.07) is 3.87. The maximum Gasteiger partial charge on any atom is 0.267 e. The van der Waals surface area contributed by atoms with E-state index >= 15 is 0 Å². The van der Waals surface area contributed by atoms with E-state index in [4.69, 9.17) is 16.3 Å². The van der Waals surface area contributed by atoms with Crippen molar-refractivity contribution >= 4 is 27.5 Å². The lowest BCUT2D eigenvalue weighted by atomic mass is 10.3. The molecule has 1 heterocycles. The number of aromatic nitrogens is 2. The van der Waals surface area contributed by atoms with Crippen molar-refractivity contribution in [3.63, 3.8) is 0 Å². The highest BCUT2D eigenvalue weighted by Crippen LogP contribution is 2.24. The van der Waals surface area contributed by atoms with Gasteiger partial charge in [0.2, 0.25) is 0 Å². The second-order valence-electron chi connectivity index (χ2n) is 3.66. The third-order valence-electron chi connectivity index (χ3n) is 2.34. The summed E-state index contributed by atoms with van der Waals surface area (Å²) in [6.07, 6.45) is 2.85. The van der Waals surface area contributed by atoms with Gasteiger partial charge in [-0.25, -0.2) is 9.37 Å². The molecule has 0 bridgehead atoms. The predicted molar refractivity (Wildman–Crippen MR) is 73.1 cm³/mol. The molecule has 0 fully saturated rings. The quantitative estimate of drug-likeness (QED) is 0.854. The molecule has 2 rings (SSSR count). The molecule has 0 saturated carbocycles. The van der Waals surface area contributed by atoms with E-state index < -0.39 is 5.82 Å². The van der Waals surface area contributed by atoms with E-state index in [1.54, 1.807) is 0 Å². The molecule has 0 aliphatic heterocycles. The zero-order valence-corrected chi connectivity index (χ0v) is 12.0. The molecule has 0 aliphatic rings. The molecule has 0 N–H and O–H groups in total. The number of benzene rings is 1. The van der Waals surface area contributed by atoms with E-state index in [-0.39, 0.29) is 17.2 Å². The maximum absolute atomic E-state index is 12.8. The van der Waals surface area contributed by atoms with Gasteiger partial charge < -0.3 is 4.74 Å². The van der Waals surface area contributed by atoms with Gasteiger partial charge in [-0.3, -0.25) is 9.36 Å². The fraction of sp³-hybridized carbons (Fsp3) is 0.167. The molecule has 2 aromatic rings. The highest BCUT2D eigenvalue weighted by atomic mass is 79.9. The van der Waals surface area contributed by atoms with Crippen LogP contribution in [0.1, 0.15) is 0 Å². The Kier molecular flexibility index (Phi) is 4.55. The molecule has 0 spiro atoms. The lowest BCUT2D eigenvalue weighted by Crippen LogP contribution is -2.23. The average molecular weight is 348 g/mol. The van der Waals surface area contributed by atoms with Gasteiger partial charge in [-0.15, -0.1) is 0 Å². The van der Waals surface area contributed by atoms with Crippen molar-refractivity contribution in [2.45, 2.75) is 6.54 Å². The Hall–Kier alpha value is -1.40. The Labute approximate surface area is 121 Å². The largest absolute Gasteiger partial charge is 0.490 e. The molecule has 0 radical (unpaired) electrons. The summed E-state index contributed by atoms with van der Waals surface area (Å²) in [5.74, 6) is -0.0520. The van der Waals surface area contributed by atoms with Crippen molar-refractivity contribution in [3.05, 3.63) is 56.4 Å². The Bertz CT molecular complexity index is 648. The molecule has 7 heteroatoms. The molecule has 0 unspecified atom stereocenters. The molecule has 1 aromatic heterocycles. The Morgan fingerprint density at radius 3 is 3.00 bits per heavy atom. The SMILES string of the molecule is O=c1c(Br)cncn1CCOc1ccc(F)cc1Cl. The van der Waals surface area contributed by atoms with Gasteiger partial charge in [-0.05, 0) is 34.1 Å². The third-order valence-corrected chi connectivity index (χ3v) is 3.18. The first-order valence-electron chi connectivity index (χ1n) is 5.36. The Morgan fingerprint density at radius 2 is 2.26 bits per heavy atom. The van der Waals surface area contributed by atoms with Crippen LogP contribution >= 0.6 is 27.5 Å². The molecule has 0 aliphatic carbocycles. The van der Waals surface area contributed by atoms with Crippen molar-refractivity contribution < 1.29 is 9.13 Å². The molecule has 0 amide bonds. The monoisotopic (exact) mass is 346 g/mol. The fourth-order valence-electron chi connectivity index (χ4n) is 1.43. The van der Waals surface area contributed by atoms with Crippen LogP contribution in [0.25, 0.3) is 0 Å². The summed E-state index contributed by atoms with van der Waals surface area (Å²) < 4.78 is 20.0. The second kappa shape index (κ2) is 6.16. The summed E-state index contributed by atoms with van der Waals surface area (Å²) in [5.41, 5.74) is -0.191. The van der Waals surface area contributed by atoms with Gasteiger partial charge in [-0.2, -0.15) is 0 Å². The van der Waals surface area contributed by atoms with Crippen molar-refractivity contribution in [2.24, 2.45) is 0 Å². The molecule has 4 nitrogen and oxygen atoms in total. The summed E-state index contributed by atoms with van der Waals surface area (Å²) in [5, 5.41) is 0.194. The second-order valence-corrected chi connectivity index (χ2v) is 4.92. The minimum atomic E-state index is -0.426. The number of halogens is 3. The lowest BCUT2D eigenvalue weighted by Gasteiger charge is -2.09. The van der Waals surface area contributed by atoms with Gasteiger partial charge in [0.25, 0.3) is 5.56 Å². The average Bonchev–Trinajstić information content (AvgIpc) is 2.37. The highest BCUT2D eigenvalue weighted by molar-refractivity contribution is 9.10. The smallest absolute Gasteiger partial charge is 0.267 e. The minimum Gasteiger partial charge on any atom is -0.490 e. The number of hydrogen-bond acceptors (Lipinski definition) is 3. The van der Waals surface area contributed by atoms with E-state index in [1.807, 2.05) is 0 Å². The van der Waals surface area contributed by atoms with Crippen LogP contribution in [0.4, 0.5) is 4.39 Å². The van der Waals surface area contributed by atoms with E-state index in [1.165, 1.54) is 35.3 Å². The van der Waals surface area contributed by atoms with Crippen LogP contribution in [0.2, 0.25) is 5.02 Å². The summed E-state index contributed by atoms with van der Waals surface area (Å²) in [7, 11) is 0. The first kappa shape index (κ1) is 14.0. The van der Waals surface area contributed by atoms with Gasteiger partial charge in [0, 0.05) is 6.20 Å². The minimum absolute atomic E-state index is 0.191. The van der Waals surface area contributed by atoms with Crippen LogP contribution in [0.15, 0.2) is 40.0 Å². The topological polar surface area (TPSA) is 44.1 Å². The van der Waals surface area contributed by atoms with Gasteiger partial charge in [0.1, 0.15) is 22.6 Å². The van der Waals surface area contributed by atoms with E-state index in [0.29, 0.717) is 16.8 Å². The van der Waals surface area contributed by atoms with Gasteiger partial charge >= 0.3 is 0 Å². The summed E-state index contributed by atoms with van der Waals surface area (Å²) >= 11 is 8.92. The van der Waals surface area contributed by atoms with Crippen LogP contribution in [0, 0.1) is 5.82 Å². The molecular formula is C12H9BrClFN2O2. The molecule has 0 atom stereocenters. The maximum atomic E-state index is 12.8. The van der Waals surface area contributed by atoms with Gasteiger partial charge in [0.15, 0.2) is 0 Å². The van der Waals surface area contributed by atoms with E-state index in [9.17, 15) is 9.18 Å². The first-order chi connectivity index (χ1) is 9.08. The van der Waals surface area contributed by atoms with Crippen LogP contribution in [-0.2, 0) is 6.54 Å². The molecule has 19 heavy (non-hydrogen) atoms. The van der Waals surface area contributed by atoms with Crippen LogP contribution in [0.3, 0.4) is 0 Å². The predicted octanol–water partition coefficient (Wildman–Crippen LogP) is 2.88. The third kappa shape index (κ3) is 3.54. The molecular weight excluding hydrogens is 338 g/mol. The standard InChI is InChI=1S/C12H9BrClFN2O2/c13-9-6-16-7-17(12(9)18)3-4-19-11-2-1-8(15)5-10(11)14/h1-2,5-7H,3-4H2. The van der Waals surface area contributed by atoms with Crippen molar-refractivity contribution in [1.82, 2.24) is 9.55 Å². The zero-order chi connectivity index (χ0) is 13.8. The fourth-order valence-corrected chi connectivity index (χ4v) is 2.00. The van der Waals surface area contributed by atoms with Gasteiger partial charge in [0.05, 0.1) is 17.9 Å². The molecule has 1 aromatic carbocycles. The normalized spacial score (nSPS) is 10.5. The number of nitrogens with zero attached hydrogens (tertiary/aromatic N) is 2. The Morgan fingerprint density at radius 1 is 1.47 bits per heavy atom. The number of ether oxygens (including phenoxy) is 1. The van der Waals surface area contributed by atoms with Crippen molar-refractivity contribution in [3.8, 4) is 5.75 Å². The van der Waals surface area contributed by atoms with Crippen LogP contribution < -0.4 is 10.3 Å². The molecule has 0 saturated heterocycles. The summed E-state index contributed by atoms with van der Waals surface area (Å²) in [4.78, 5) is 15.6. The van der Waals surface area contributed by atoms with Gasteiger partial charge in [-0.1, -0.05) is 11.6 Å².